The molecule has 1 aromatic carbocycles. The van der Waals surface area contributed by atoms with E-state index in [1.54, 1.807) is 0 Å². The van der Waals surface area contributed by atoms with Crippen molar-refractivity contribution in [2.75, 3.05) is 19.6 Å². The van der Waals surface area contributed by atoms with Crippen LogP contribution in [0, 0.1) is 11.8 Å². The van der Waals surface area contributed by atoms with Crippen LogP contribution in [0.25, 0.3) is 0 Å². The van der Waals surface area contributed by atoms with Gasteiger partial charge in [0.05, 0.1) is 11.5 Å². The summed E-state index contributed by atoms with van der Waals surface area (Å²) in [6, 6.07) is 11.2. The first kappa shape index (κ1) is 22.1. The molecule has 1 aromatic rings. The molecule has 5 heteroatoms. The molecule has 0 amide bonds. The molecule has 3 heterocycles. The zero-order chi connectivity index (χ0) is 22.1. The van der Waals surface area contributed by atoms with Crippen LogP contribution in [0.1, 0.15) is 57.9 Å². The Labute approximate surface area is 192 Å². The molecule has 0 spiro atoms. The van der Waals surface area contributed by atoms with Crippen LogP contribution in [0.2, 0.25) is 0 Å². The first-order chi connectivity index (χ1) is 15.5. The lowest BCUT2D eigenvalue weighted by atomic mass is 9.80. The highest BCUT2D eigenvalue weighted by molar-refractivity contribution is 5.75. The topological polar surface area (TPSA) is 54.1 Å². The number of allylic oxidation sites excluding steroid dienone is 2. The standard InChI is InChI=1S/C27H38N2O3/c1-19-7-6-14-27(2)25(32-27)24-22(11-10-19)23(26(30)31-24)17-28-21-12-15-29(16-13-21)18-20-8-4-3-5-9-20/h3-5,7-9,21-25,28H,6,10-18H2,1-2H3/b19-7+/t22-,23-,24-,25-,27+/m0/s1. The highest BCUT2D eigenvalue weighted by atomic mass is 16.6. The van der Waals surface area contributed by atoms with Crippen LogP contribution in [0.3, 0.4) is 0 Å². The number of ether oxygens (including phenoxy) is 2. The van der Waals surface area contributed by atoms with Gasteiger partial charge in [-0.2, -0.15) is 0 Å². The molecule has 5 rings (SSSR count). The quantitative estimate of drug-likeness (QED) is 0.427. The van der Waals surface area contributed by atoms with Gasteiger partial charge < -0.3 is 14.8 Å². The molecular formula is C27H38N2O3. The Kier molecular flexibility index (Phi) is 6.42. The smallest absolute Gasteiger partial charge is 0.311 e. The molecule has 1 aliphatic carbocycles. The summed E-state index contributed by atoms with van der Waals surface area (Å²) in [4.78, 5) is 15.4. The molecule has 174 valence electrons. The fraction of sp³-hybridized carbons (Fsp3) is 0.667. The second kappa shape index (κ2) is 9.28. The predicted molar refractivity (Wildman–Crippen MR) is 125 cm³/mol. The Morgan fingerprint density at radius 3 is 2.72 bits per heavy atom. The molecule has 5 nitrogen and oxygen atoms in total. The molecule has 32 heavy (non-hydrogen) atoms. The van der Waals surface area contributed by atoms with Crippen LogP contribution < -0.4 is 5.32 Å². The molecule has 0 aromatic heterocycles. The monoisotopic (exact) mass is 438 g/mol. The van der Waals surface area contributed by atoms with Gasteiger partial charge >= 0.3 is 5.97 Å². The fourth-order valence-corrected chi connectivity index (χ4v) is 6.00. The Bertz CT molecular complexity index is 833. The molecule has 3 aliphatic heterocycles. The minimum atomic E-state index is -0.120. The summed E-state index contributed by atoms with van der Waals surface area (Å²) in [5, 5.41) is 3.74. The average Bonchev–Trinajstić information content (AvgIpc) is 3.36. The normalized spacial score (nSPS) is 37.7. The van der Waals surface area contributed by atoms with Gasteiger partial charge in [-0.1, -0.05) is 42.0 Å². The number of carbonyl (C=O) groups is 1. The van der Waals surface area contributed by atoms with E-state index < -0.39 is 0 Å². The number of benzene rings is 1. The minimum Gasteiger partial charge on any atom is -0.459 e. The van der Waals surface area contributed by atoms with E-state index in [-0.39, 0.29) is 35.6 Å². The molecule has 0 bridgehead atoms. The lowest BCUT2D eigenvalue weighted by Gasteiger charge is -2.33. The van der Waals surface area contributed by atoms with Crippen LogP contribution in [0.4, 0.5) is 0 Å². The number of hydrogen-bond acceptors (Lipinski definition) is 5. The van der Waals surface area contributed by atoms with E-state index in [4.69, 9.17) is 9.47 Å². The third kappa shape index (κ3) is 4.80. The summed E-state index contributed by atoms with van der Waals surface area (Å²) in [6.07, 6.45) is 8.76. The van der Waals surface area contributed by atoms with Gasteiger partial charge in [0, 0.05) is 25.0 Å². The van der Waals surface area contributed by atoms with E-state index in [0.717, 1.165) is 64.7 Å². The Morgan fingerprint density at radius 2 is 1.94 bits per heavy atom. The van der Waals surface area contributed by atoms with E-state index >= 15 is 0 Å². The number of nitrogens with zero attached hydrogens (tertiary/aromatic N) is 1. The summed E-state index contributed by atoms with van der Waals surface area (Å²) < 4.78 is 12.1. The van der Waals surface area contributed by atoms with Crippen molar-refractivity contribution in [3.63, 3.8) is 0 Å². The number of likely N-dealkylation sites (tertiary alicyclic amines) is 1. The Morgan fingerprint density at radius 1 is 1.16 bits per heavy atom. The van der Waals surface area contributed by atoms with Gasteiger partial charge in [0.25, 0.3) is 0 Å². The number of epoxide rings is 1. The average molecular weight is 439 g/mol. The Hall–Kier alpha value is -1.69. The second-order valence-electron chi connectivity index (χ2n) is 10.6. The van der Waals surface area contributed by atoms with Gasteiger partial charge in [-0.25, -0.2) is 0 Å². The lowest BCUT2D eigenvalue weighted by molar-refractivity contribution is -0.144. The van der Waals surface area contributed by atoms with Crippen LogP contribution in [-0.2, 0) is 20.8 Å². The molecule has 0 unspecified atom stereocenters. The van der Waals surface area contributed by atoms with Crippen molar-refractivity contribution in [1.82, 2.24) is 10.2 Å². The third-order valence-electron chi connectivity index (χ3n) is 8.20. The van der Waals surface area contributed by atoms with Crippen LogP contribution in [-0.4, -0.2) is 54.4 Å². The maximum absolute atomic E-state index is 12.9. The van der Waals surface area contributed by atoms with Crippen molar-refractivity contribution in [2.45, 2.75) is 82.8 Å². The Balaban J connectivity index is 1.15. The molecule has 1 N–H and O–H groups in total. The minimum absolute atomic E-state index is 0.0206. The molecule has 0 saturated carbocycles. The second-order valence-corrected chi connectivity index (χ2v) is 10.6. The first-order valence-corrected chi connectivity index (χ1v) is 12.6. The first-order valence-electron chi connectivity index (χ1n) is 12.6. The zero-order valence-corrected chi connectivity index (χ0v) is 19.6. The number of rotatable bonds is 5. The van der Waals surface area contributed by atoms with Gasteiger partial charge in [0.2, 0.25) is 0 Å². The van der Waals surface area contributed by atoms with E-state index in [9.17, 15) is 4.79 Å². The number of hydrogen-bond donors (Lipinski definition) is 1. The highest BCUT2D eigenvalue weighted by Crippen LogP contribution is 2.50. The van der Waals surface area contributed by atoms with Crippen molar-refractivity contribution in [3.8, 4) is 0 Å². The van der Waals surface area contributed by atoms with Crippen molar-refractivity contribution in [2.24, 2.45) is 11.8 Å². The van der Waals surface area contributed by atoms with Gasteiger partial charge in [-0.15, -0.1) is 0 Å². The lowest BCUT2D eigenvalue weighted by Crippen LogP contribution is -2.45. The number of nitrogens with one attached hydrogen (secondary N) is 1. The molecule has 3 fully saturated rings. The molecule has 3 saturated heterocycles. The summed E-state index contributed by atoms with van der Waals surface area (Å²) >= 11 is 0. The van der Waals surface area contributed by atoms with Crippen LogP contribution >= 0.6 is 0 Å². The number of carbonyl (C=O) groups excluding carboxylic acids is 1. The highest BCUT2D eigenvalue weighted by Gasteiger charge is 2.62. The van der Waals surface area contributed by atoms with Gasteiger partial charge in [0.15, 0.2) is 0 Å². The molecule has 4 aliphatic rings. The van der Waals surface area contributed by atoms with E-state index in [0.29, 0.717) is 6.04 Å². The number of esters is 1. The summed E-state index contributed by atoms with van der Waals surface area (Å²) in [5.41, 5.74) is 2.70. The van der Waals surface area contributed by atoms with Crippen molar-refractivity contribution >= 4 is 5.97 Å². The van der Waals surface area contributed by atoms with E-state index in [1.807, 2.05) is 0 Å². The summed E-state index contributed by atoms with van der Waals surface area (Å²) in [7, 11) is 0. The van der Waals surface area contributed by atoms with E-state index in [1.165, 1.54) is 11.1 Å². The van der Waals surface area contributed by atoms with Crippen molar-refractivity contribution < 1.29 is 14.3 Å². The molecule has 0 radical (unpaired) electrons. The zero-order valence-electron chi connectivity index (χ0n) is 19.6. The van der Waals surface area contributed by atoms with Gasteiger partial charge in [-0.05, 0) is 71.0 Å². The fourth-order valence-electron chi connectivity index (χ4n) is 6.00. The third-order valence-corrected chi connectivity index (χ3v) is 8.20. The van der Waals surface area contributed by atoms with Crippen molar-refractivity contribution in [3.05, 3.63) is 47.5 Å². The summed E-state index contributed by atoms with van der Waals surface area (Å²) in [5.74, 6) is 0.178. The van der Waals surface area contributed by atoms with E-state index in [2.05, 4.69) is 60.5 Å². The summed E-state index contributed by atoms with van der Waals surface area (Å²) in [6.45, 7) is 8.37. The number of fused-ring (bicyclic) bond motifs is 3. The maximum atomic E-state index is 12.9. The van der Waals surface area contributed by atoms with Crippen molar-refractivity contribution in [1.29, 1.82) is 0 Å². The predicted octanol–water partition coefficient (Wildman–Crippen LogP) is 4.08. The van der Waals surface area contributed by atoms with Crippen LogP contribution in [0.5, 0.6) is 0 Å². The maximum Gasteiger partial charge on any atom is 0.311 e. The molecule has 5 atom stereocenters. The van der Waals surface area contributed by atoms with Gasteiger partial charge in [-0.3, -0.25) is 9.69 Å². The number of piperidine rings is 1. The van der Waals surface area contributed by atoms with Crippen LogP contribution in [0.15, 0.2) is 42.0 Å². The SMILES string of the molecule is C/C1=C\CC[C@@]2(C)O[C@H]2[C@H]2OC(=O)[C@@H](CNC3CCN(Cc4ccccc4)CC3)[C@@H]2CC1. The van der Waals surface area contributed by atoms with Gasteiger partial charge in [0.1, 0.15) is 12.2 Å². The molecular weight excluding hydrogens is 400 g/mol. The largest absolute Gasteiger partial charge is 0.459 e.